The smallest absolute Gasteiger partial charge is 0.123 e. The second kappa shape index (κ2) is 8.13. The average Bonchev–Trinajstić information content (AvgIpc) is 2.81. The fourth-order valence-corrected chi connectivity index (χ4v) is 4.22. The monoisotopic (exact) mass is 435 g/mol. The van der Waals surface area contributed by atoms with Crippen molar-refractivity contribution in [2.75, 3.05) is 5.32 Å². The molecule has 1 fully saturated rings. The standard InChI is InChI=1S/C27H22FN5/c28-18-10-12-21(13-11-18)33-26-9-2-1-8-22(26)32-25-15-23(31-20-7-4-14-29-17-20)24(16-27(25)33)30-19-5-3-6-19/h1-2,4,7-17,19,31H,3,5-6H2. The molecule has 1 N–H and O–H groups in total. The van der Waals surface area contributed by atoms with E-state index in [4.69, 9.17) is 9.98 Å². The van der Waals surface area contributed by atoms with Gasteiger partial charge in [0.05, 0.1) is 51.4 Å². The second-order valence-corrected chi connectivity index (χ2v) is 8.35. The maximum absolute atomic E-state index is 13.7. The summed E-state index contributed by atoms with van der Waals surface area (Å²) >= 11 is 0. The Bertz CT molecular complexity index is 1470. The molecule has 0 unspecified atom stereocenters. The van der Waals surface area contributed by atoms with Gasteiger partial charge in [-0.2, -0.15) is 0 Å². The number of anilines is 2. The maximum Gasteiger partial charge on any atom is 0.123 e. The quantitative estimate of drug-likeness (QED) is 0.360. The molecule has 6 heteroatoms. The summed E-state index contributed by atoms with van der Waals surface area (Å²) in [4.78, 5) is 14.2. The number of halogens is 1. The van der Waals surface area contributed by atoms with Crippen LogP contribution in [0.3, 0.4) is 0 Å². The van der Waals surface area contributed by atoms with Crippen LogP contribution < -0.4 is 10.7 Å². The van der Waals surface area contributed by atoms with Crippen molar-refractivity contribution < 1.29 is 4.39 Å². The molecule has 0 amide bonds. The molecule has 3 aliphatic rings. The number of hydrogen-bond donors (Lipinski definition) is 1. The lowest BCUT2D eigenvalue weighted by atomic mass is 9.94. The summed E-state index contributed by atoms with van der Waals surface area (Å²) in [6, 6.07) is 22.9. The third-order valence-electron chi connectivity index (χ3n) is 6.12. The maximum atomic E-state index is 13.7. The highest BCUT2D eigenvalue weighted by Crippen LogP contribution is 2.31. The Labute approximate surface area is 190 Å². The Morgan fingerprint density at radius 1 is 0.970 bits per heavy atom. The van der Waals surface area contributed by atoms with Gasteiger partial charge in [0, 0.05) is 11.9 Å². The number of nitrogens with one attached hydrogen (secondary N) is 1. The Balaban J connectivity index is 1.64. The van der Waals surface area contributed by atoms with Crippen molar-refractivity contribution in [3.63, 3.8) is 0 Å². The van der Waals surface area contributed by atoms with Crippen LogP contribution in [0.15, 0.2) is 90.2 Å². The summed E-state index contributed by atoms with van der Waals surface area (Å²) in [7, 11) is 0. The predicted molar refractivity (Wildman–Crippen MR) is 128 cm³/mol. The number of fused-ring (bicyclic) bond motifs is 2. The molecule has 0 radical (unpaired) electrons. The van der Waals surface area contributed by atoms with Gasteiger partial charge in [-0.15, -0.1) is 0 Å². The topological polar surface area (TPSA) is 55.1 Å². The van der Waals surface area contributed by atoms with Gasteiger partial charge in [-0.3, -0.25) is 9.98 Å². The molecule has 3 aromatic rings. The molecule has 33 heavy (non-hydrogen) atoms. The van der Waals surface area contributed by atoms with Gasteiger partial charge >= 0.3 is 0 Å². The first-order valence-corrected chi connectivity index (χ1v) is 11.2. The number of para-hydroxylation sites is 2. The lowest BCUT2D eigenvalue weighted by Crippen LogP contribution is -2.22. The van der Waals surface area contributed by atoms with Crippen LogP contribution in [0.2, 0.25) is 0 Å². The molecule has 2 heterocycles. The van der Waals surface area contributed by atoms with E-state index in [2.05, 4.69) is 20.9 Å². The summed E-state index contributed by atoms with van der Waals surface area (Å²) in [6.07, 6.45) is 6.99. The molecule has 6 rings (SSSR count). The summed E-state index contributed by atoms with van der Waals surface area (Å²) < 4.78 is 15.8. The normalized spacial score (nSPS) is 14.5. The summed E-state index contributed by atoms with van der Waals surface area (Å²) in [5.74, 6) is -0.259. The van der Waals surface area contributed by atoms with Crippen molar-refractivity contribution in [3.05, 3.63) is 96.4 Å². The SMILES string of the molecule is Fc1ccc(-n2c3cc(=NC4CCC4)c(Nc4cccnc4)cc-3nc3ccccc32)cc1. The lowest BCUT2D eigenvalue weighted by Gasteiger charge is -2.23. The number of nitrogens with zero attached hydrogens (tertiary/aromatic N) is 4. The van der Waals surface area contributed by atoms with Crippen molar-refractivity contribution in [2.24, 2.45) is 4.99 Å². The van der Waals surface area contributed by atoms with Gasteiger partial charge in [0.2, 0.25) is 0 Å². The fourth-order valence-electron chi connectivity index (χ4n) is 4.22. The molecule has 1 saturated carbocycles. The minimum atomic E-state index is -0.259. The highest BCUT2D eigenvalue weighted by Gasteiger charge is 2.19. The van der Waals surface area contributed by atoms with Gasteiger partial charge in [0.15, 0.2) is 0 Å². The van der Waals surface area contributed by atoms with Crippen LogP contribution in [-0.4, -0.2) is 20.6 Å². The Morgan fingerprint density at radius 3 is 2.58 bits per heavy atom. The summed E-state index contributed by atoms with van der Waals surface area (Å²) in [6.45, 7) is 0. The van der Waals surface area contributed by atoms with Gasteiger partial charge < -0.3 is 9.88 Å². The Kier molecular flexibility index (Phi) is 4.83. The molecule has 5 nitrogen and oxygen atoms in total. The molecule has 0 atom stereocenters. The van der Waals surface area contributed by atoms with Crippen LogP contribution in [0.1, 0.15) is 19.3 Å². The third-order valence-corrected chi connectivity index (χ3v) is 6.12. The van der Waals surface area contributed by atoms with Crippen LogP contribution in [0, 0.1) is 5.82 Å². The van der Waals surface area contributed by atoms with Gasteiger partial charge in [-0.05, 0) is 79.9 Å². The lowest BCUT2D eigenvalue weighted by molar-refractivity contribution is 0.413. The molecule has 0 saturated heterocycles. The van der Waals surface area contributed by atoms with Gasteiger partial charge in [0.25, 0.3) is 0 Å². The van der Waals surface area contributed by atoms with Crippen LogP contribution in [-0.2, 0) is 0 Å². The molecule has 0 bridgehead atoms. The van der Waals surface area contributed by atoms with Crippen LogP contribution >= 0.6 is 0 Å². The van der Waals surface area contributed by atoms with Crippen LogP contribution in [0.5, 0.6) is 0 Å². The third kappa shape index (κ3) is 3.74. The number of rotatable bonds is 4. The van der Waals surface area contributed by atoms with E-state index in [1.807, 2.05) is 42.5 Å². The van der Waals surface area contributed by atoms with Crippen molar-refractivity contribution in [2.45, 2.75) is 25.3 Å². The summed E-state index contributed by atoms with van der Waals surface area (Å²) in [5.41, 5.74) is 6.25. The Hall–Kier alpha value is -4.06. The first-order valence-electron chi connectivity index (χ1n) is 11.2. The fraction of sp³-hybridized carbons (Fsp3) is 0.148. The van der Waals surface area contributed by atoms with Crippen molar-refractivity contribution >= 4 is 22.4 Å². The van der Waals surface area contributed by atoms with E-state index in [1.165, 1.54) is 18.6 Å². The first kappa shape index (κ1) is 19.6. The second-order valence-electron chi connectivity index (χ2n) is 8.35. The van der Waals surface area contributed by atoms with Crippen molar-refractivity contribution in [3.8, 4) is 17.1 Å². The van der Waals surface area contributed by atoms with Gasteiger partial charge in [-0.1, -0.05) is 12.1 Å². The highest BCUT2D eigenvalue weighted by atomic mass is 19.1. The van der Waals surface area contributed by atoms with Crippen molar-refractivity contribution in [1.29, 1.82) is 0 Å². The van der Waals surface area contributed by atoms with E-state index in [9.17, 15) is 4.39 Å². The largest absolute Gasteiger partial charge is 0.352 e. The number of hydrogen-bond acceptors (Lipinski definition) is 4. The van der Waals surface area contributed by atoms with E-state index in [1.54, 1.807) is 24.5 Å². The minimum Gasteiger partial charge on any atom is -0.352 e. The molecule has 2 aromatic carbocycles. The van der Waals surface area contributed by atoms with E-state index < -0.39 is 0 Å². The molecule has 0 spiro atoms. The number of benzene rings is 3. The van der Waals surface area contributed by atoms with E-state index >= 15 is 0 Å². The van der Waals surface area contributed by atoms with Crippen LogP contribution in [0.4, 0.5) is 15.8 Å². The molecular formula is C27H22FN5. The zero-order chi connectivity index (χ0) is 22.2. The predicted octanol–water partition coefficient (Wildman–Crippen LogP) is 5.86. The Morgan fingerprint density at radius 2 is 1.82 bits per heavy atom. The van der Waals surface area contributed by atoms with Gasteiger partial charge in [0.1, 0.15) is 5.82 Å². The minimum absolute atomic E-state index is 0.259. The van der Waals surface area contributed by atoms with E-state index in [-0.39, 0.29) is 5.82 Å². The molecule has 162 valence electrons. The molecule has 2 aliphatic carbocycles. The summed E-state index contributed by atoms with van der Waals surface area (Å²) in [5, 5.41) is 4.37. The molecular weight excluding hydrogens is 413 g/mol. The highest BCUT2D eigenvalue weighted by molar-refractivity contribution is 5.84. The zero-order valence-corrected chi connectivity index (χ0v) is 17.9. The zero-order valence-electron chi connectivity index (χ0n) is 17.9. The first-order chi connectivity index (χ1) is 16.2. The van der Waals surface area contributed by atoms with Crippen LogP contribution in [0.25, 0.3) is 28.1 Å². The molecule has 1 aliphatic heterocycles. The average molecular weight is 436 g/mol. The molecule has 1 aromatic heterocycles. The van der Waals surface area contributed by atoms with E-state index in [0.29, 0.717) is 6.04 Å². The number of aromatic nitrogens is 3. The van der Waals surface area contributed by atoms with Crippen molar-refractivity contribution in [1.82, 2.24) is 14.5 Å². The van der Waals surface area contributed by atoms with Gasteiger partial charge in [-0.25, -0.2) is 9.37 Å². The van der Waals surface area contributed by atoms with E-state index in [0.717, 1.165) is 57.7 Å². The number of pyridine rings is 1.